The van der Waals surface area contributed by atoms with Crippen molar-refractivity contribution in [3.63, 3.8) is 0 Å². The van der Waals surface area contributed by atoms with Gasteiger partial charge in [0.2, 0.25) is 0 Å². The summed E-state index contributed by atoms with van der Waals surface area (Å²) in [6.45, 7) is 2.66. The van der Waals surface area contributed by atoms with E-state index in [4.69, 9.17) is 4.74 Å². The van der Waals surface area contributed by atoms with Crippen molar-refractivity contribution in [1.29, 1.82) is 0 Å². The van der Waals surface area contributed by atoms with E-state index in [1.54, 1.807) is 29.2 Å². The van der Waals surface area contributed by atoms with Gasteiger partial charge in [0.1, 0.15) is 6.04 Å². The Labute approximate surface area is 128 Å². The maximum atomic E-state index is 12.7. The number of esters is 1. The third-order valence-corrected chi connectivity index (χ3v) is 4.36. The Morgan fingerprint density at radius 2 is 2.00 bits per heavy atom. The molecule has 2 unspecified atom stereocenters. The highest BCUT2D eigenvalue weighted by Gasteiger charge is 2.48. The molecular weight excluding hydrogens is 284 g/mol. The minimum atomic E-state index is -0.561. The minimum Gasteiger partial charge on any atom is -0.465 e. The quantitative estimate of drug-likeness (QED) is 0.619. The third kappa shape index (κ3) is 2.15. The fourth-order valence-corrected chi connectivity index (χ4v) is 3.15. The summed E-state index contributed by atoms with van der Waals surface area (Å²) in [4.78, 5) is 39.9. The second kappa shape index (κ2) is 5.44. The number of amides is 3. The fourth-order valence-electron chi connectivity index (χ4n) is 3.15. The van der Waals surface area contributed by atoms with E-state index in [9.17, 15) is 14.4 Å². The molecule has 2 aliphatic rings. The van der Waals surface area contributed by atoms with Gasteiger partial charge < -0.3 is 9.64 Å². The molecule has 0 spiro atoms. The molecule has 3 amide bonds. The second-order valence-corrected chi connectivity index (χ2v) is 5.80. The molecule has 22 heavy (non-hydrogen) atoms. The molecule has 2 fully saturated rings. The van der Waals surface area contributed by atoms with E-state index < -0.39 is 12.0 Å². The van der Waals surface area contributed by atoms with Crippen LogP contribution in [0.25, 0.3) is 0 Å². The Kier molecular flexibility index (Phi) is 3.60. The molecule has 2 heterocycles. The standard InChI is InChI=1S/C16H18N2O4/c1-10-7-8-17-13(9-10)14(19)18(16(17)21)12-6-4-3-5-11(12)15(20)22-2/h3-6,10,13H,7-9H2,1-2H3. The van der Waals surface area contributed by atoms with Crippen LogP contribution in [0.3, 0.4) is 0 Å². The van der Waals surface area contributed by atoms with Crippen molar-refractivity contribution in [1.82, 2.24) is 4.90 Å². The van der Waals surface area contributed by atoms with Crippen molar-refractivity contribution in [2.75, 3.05) is 18.6 Å². The Balaban J connectivity index is 2.01. The number of anilines is 1. The molecular formula is C16H18N2O4. The largest absolute Gasteiger partial charge is 0.465 e. The summed E-state index contributed by atoms with van der Waals surface area (Å²) in [6.07, 6.45) is 1.56. The Bertz CT molecular complexity index is 643. The number of nitrogens with zero attached hydrogens (tertiary/aromatic N) is 2. The molecule has 2 saturated heterocycles. The van der Waals surface area contributed by atoms with Gasteiger partial charge in [0, 0.05) is 6.54 Å². The average Bonchev–Trinajstić information content (AvgIpc) is 2.77. The monoisotopic (exact) mass is 302 g/mol. The predicted molar refractivity (Wildman–Crippen MR) is 79.6 cm³/mol. The lowest BCUT2D eigenvalue weighted by Gasteiger charge is -2.30. The van der Waals surface area contributed by atoms with Crippen molar-refractivity contribution in [2.24, 2.45) is 5.92 Å². The number of carbonyl (C=O) groups excluding carboxylic acids is 3. The number of carbonyl (C=O) groups is 3. The van der Waals surface area contributed by atoms with Crippen molar-refractivity contribution in [2.45, 2.75) is 25.8 Å². The SMILES string of the molecule is COC(=O)c1ccccc1N1C(=O)C2CC(C)CCN2C1=O. The van der Waals surface area contributed by atoms with Crippen molar-refractivity contribution < 1.29 is 19.1 Å². The number of benzene rings is 1. The summed E-state index contributed by atoms with van der Waals surface area (Å²) in [6, 6.07) is 5.77. The Hall–Kier alpha value is -2.37. The highest BCUT2D eigenvalue weighted by Crippen LogP contribution is 2.34. The van der Waals surface area contributed by atoms with Crippen LogP contribution in [0.2, 0.25) is 0 Å². The zero-order valence-electron chi connectivity index (χ0n) is 12.6. The van der Waals surface area contributed by atoms with Crippen LogP contribution >= 0.6 is 0 Å². The molecule has 116 valence electrons. The first-order valence-corrected chi connectivity index (χ1v) is 7.36. The number of ether oxygens (including phenoxy) is 1. The number of urea groups is 1. The van der Waals surface area contributed by atoms with Crippen LogP contribution in [-0.2, 0) is 9.53 Å². The molecule has 3 rings (SSSR count). The number of rotatable bonds is 2. The third-order valence-electron chi connectivity index (χ3n) is 4.36. The summed E-state index contributed by atoms with van der Waals surface area (Å²) >= 11 is 0. The second-order valence-electron chi connectivity index (χ2n) is 5.80. The van der Waals surface area contributed by atoms with E-state index in [-0.39, 0.29) is 17.5 Å². The van der Waals surface area contributed by atoms with Crippen molar-refractivity contribution >= 4 is 23.6 Å². The molecule has 6 heteroatoms. The number of hydrogen-bond acceptors (Lipinski definition) is 4. The van der Waals surface area contributed by atoms with Crippen LogP contribution in [0, 0.1) is 5.92 Å². The van der Waals surface area contributed by atoms with Crippen LogP contribution in [0.5, 0.6) is 0 Å². The number of para-hydroxylation sites is 1. The first-order valence-electron chi connectivity index (χ1n) is 7.36. The van der Waals surface area contributed by atoms with E-state index in [2.05, 4.69) is 6.92 Å². The maximum absolute atomic E-state index is 12.7. The van der Waals surface area contributed by atoms with Crippen molar-refractivity contribution in [3.05, 3.63) is 29.8 Å². The summed E-state index contributed by atoms with van der Waals surface area (Å²) in [5, 5.41) is 0. The normalized spacial score (nSPS) is 24.5. The van der Waals surface area contributed by atoms with Gasteiger partial charge in [-0.15, -0.1) is 0 Å². The number of imide groups is 1. The highest BCUT2D eigenvalue weighted by molar-refractivity contribution is 6.23. The Morgan fingerprint density at radius 1 is 1.27 bits per heavy atom. The van der Waals surface area contributed by atoms with Gasteiger partial charge in [-0.25, -0.2) is 14.5 Å². The molecule has 0 bridgehead atoms. The van der Waals surface area contributed by atoms with E-state index in [0.717, 1.165) is 11.3 Å². The van der Waals surface area contributed by atoms with E-state index in [1.807, 2.05) is 0 Å². The topological polar surface area (TPSA) is 66.9 Å². The first-order chi connectivity index (χ1) is 10.5. The lowest BCUT2D eigenvalue weighted by atomic mass is 9.93. The van der Waals surface area contributed by atoms with Gasteiger partial charge >= 0.3 is 12.0 Å². The van der Waals surface area contributed by atoms with Crippen molar-refractivity contribution in [3.8, 4) is 0 Å². The van der Waals surface area contributed by atoms with Gasteiger partial charge in [-0.3, -0.25) is 4.79 Å². The van der Waals surface area contributed by atoms with Crippen LogP contribution in [0.15, 0.2) is 24.3 Å². The molecule has 0 saturated carbocycles. The van der Waals surface area contributed by atoms with Crippen LogP contribution < -0.4 is 4.90 Å². The van der Waals surface area contributed by atoms with Gasteiger partial charge in [0.05, 0.1) is 18.4 Å². The van der Waals surface area contributed by atoms with Gasteiger partial charge in [-0.1, -0.05) is 19.1 Å². The van der Waals surface area contributed by atoms with E-state index in [0.29, 0.717) is 24.6 Å². The smallest absolute Gasteiger partial charge is 0.339 e. The van der Waals surface area contributed by atoms with E-state index >= 15 is 0 Å². The fraction of sp³-hybridized carbons (Fsp3) is 0.438. The van der Waals surface area contributed by atoms with Crippen LogP contribution in [0.1, 0.15) is 30.1 Å². The molecule has 0 aliphatic carbocycles. The molecule has 1 aromatic rings. The zero-order valence-corrected chi connectivity index (χ0v) is 12.6. The van der Waals surface area contributed by atoms with Gasteiger partial charge in [-0.05, 0) is 30.9 Å². The summed E-state index contributed by atoms with van der Waals surface area (Å²) in [5.74, 6) is -0.406. The number of fused-ring (bicyclic) bond motifs is 1. The molecule has 1 aromatic carbocycles. The average molecular weight is 302 g/mol. The first kappa shape index (κ1) is 14.6. The number of piperidine rings is 1. The molecule has 6 nitrogen and oxygen atoms in total. The maximum Gasteiger partial charge on any atom is 0.339 e. The number of hydrogen-bond donors (Lipinski definition) is 0. The van der Waals surface area contributed by atoms with Gasteiger partial charge in [0.25, 0.3) is 5.91 Å². The summed E-state index contributed by atoms with van der Waals surface area (Å²) in [5.41, 5.74) is 0.519. The van der Waals surface area contributed by atoms with Crippen LogP contribution in [0.4, 0.5) is 10.5 Å². The predicted octanol–water partition coefficient (Wildman–Crippen LogP) is 2.04. The molecule has 2 aliphatic heterocycles. The lowest BCUT2D eigenvalue weighted by molar-refractivity contribution is -0.120. The molecule has 0 radical (unpaired) electrons. The molecule has 0 N–H and O–H groups in total. The lowest BCUT2D eigenvalue weighted by Crippen LogP contribution is -2.41. The molecule has 0 aromatic heterocycles. The van der Waals surface area contributed by atoms with Gasteiger partial charge in [-0.2, -0.15) is 0 Å². The number of methoxy groups -OCH3 is 1. The van der Waals surface area contributed by atoms with Gasteiger partial charge in [0.15, 0.2) is 0 Å². The highest BCUT2D eigenvalue weighted by atomic mass is 16.5. The zero-order chi connectivity index (χ0) is 15.9. The minimum absolute atomic E-state index is 0.222. The molecule has 2 atom stereocenters. The van der Waals surface area contributed by atoms with Crippen LogP contribution in [-0.4, -0.2) is 42.5 Å². The van der Waals surface area contributed by atoms with E-state index in [1.165, 1.54) is 7.11 Å². The summed E-state index contributed by atoms with van der Waals surface area (Å²) < 4.78 is 4.74. The Morgan fingerprint density at radius 3 is 2.73 bits per heavy atom. The summed E-state index contributed by atoms with van der Waals surface area (Å²) in [7, 11) is 1.28.